The molecule has 0 bridgehead atoms. The number of methoxy groups -OCH3 is 1. The number of rotatable bonds is 6. The molecule has 6 nitrogen and oxygen atoms in total. The molecule has 2 heterocycles. The third-order valence-electron chi connectivity index (χ3n) is 6.25. The molecule has 182 valence electrons. The lowest BCUT2D eigenvalue weighted by atomic mass is 9.89. The minimum Gasteiger partial charge on any atom is -0.496 e. The summed E-state index contributed by atoms with van der Waals surface area (Å²) in [6.45, 7) is 0.629. The van der Waals surface area contributed by atoms with Crippen LogP contribution in [-0.2, 0) is 29.0 Å². The first-order valence-electron chi connectivity index (χ1n) is 11.4. The Bertz CT molecular complexity index is 1480. The number of hydrogen-bond donors (Lipinski definition) is 1. The van der Waals surface area contributed by atoms with Crippen LogP contribution in [0.1, 0.15) is 21.7 Å². The number of para-hydroxylation sites is 1. The number of thiazole rings is 1. The number of carboxylic acids is 1. The number of carboxylic acid groups (broad SMARTS) is 1. The second-order valence-corrected chi connectivity index (χ2v) is 9.58. The molecule has 0 atom stereocenters. The van der Waals surface area contributed by atoms with Gasteiger partial charge in [-0.15, -0.1) is 11.3 Å². The largest absolute Gasteiger partial charge is 0.496 e. The smallest absolute Gasteiger partial charge is 0.307 e. The van der Waals surface area contributed by atoms with E-state index in [9.17, 15) is 19.1 Å². The van der Waals surface area contributed by atoms with Crippen LogP contribution >= 0.6 is 11.3 Å². The number of carbonyl (C=O) groups is 2. The fourth-order valence-electron chi connectivity index (χ4n) is 4.53. The maximum Gasteiger partial charge on any atom is 0.307 e. The number of carbonyl (C=O) groups excluding carboxylic acids is 1. The van der Waals surface area contributed by atoms with Crippen LogP contribution in [0, 0.1) is 5.82 Å². The average molecular weight is 503 g/mol. The minimum absolute atomic E-state index is 0.137. The van der Waals surface area contributed by atoms with Crippen LogP contribution in [0.25, 0.3) is 27.4 Å². The van der Waals surface area contributed by atoms with Crippen molar-refractivity contribution in [1.29, 1.82) is 0 Å². The third-order valence-corrected chi connectivity index (χ3v) is 7.26. The fraction of sp³-hybridized carbons (Fsp3) is 0.179. The van der Waals surface area contributed by atoms with E-state index in [1.165, 1.54) is 30.6 Å². The monoisotopic (exact) mass is 502 g/mol. The molecule has 0 unspecified atom stereocenters. The van der Waals surface area contributed by atoms with E-state index >= 15 is 0 Å². The van der Waals surface area contributed by atoms with Crippen LogP contribution in [0.3, 0.4) is 0 Å². The van der Waals surface area contributed by atoms with Gasteiger partial charge < -0.3 is 14.7 Å². The first kappa shape index (κ1) is 23.7. The average Bonchev–Trinajstić information content (AvgIpc) is 3.30. The van der Waals surface area contributed by atoms with Gasteiger partial charge in [0.1, 0.15) is 16.6 Å². The molecule has 8 heteroatoms. The summed E-state index contributed by atoms with van der Waals surface area (Å²) < 4.78 is 21.3. The van der Waals surface area contributed by atoms with Gasteiger partial charge >= 0.3 is 5.97 Å². The summed E-state index contributed by atoms with van der Waals surface area (Å²) in [6.07, 6.45) is 3.47. The van der Waals surface area contributed by atoms with E-state index in [0.717, 1.165) is 20.8 Å². The predicted octanol–water partition coefficient (Wildman–Crippen LogP) is 5.34. The van der Waals surface area contributed by atoms with Gasteiger partial charge in [-0.25, -0.2) is 9.37 Å². The topological polar surface area (TPSA) is 79.7 Å². The van der Waals surface area contributed by atoms with Crippen molar-refractivity contribution in [3.05, 3.63) is 88.2 Å². The van der Waals surface area contributed by atoms with E-state index in [0.29, 0.717) is 41.0 Å². The Balaban J connectivity index is 1.45. The normalized spacial score (nSPS) is 13.2. The number of aliphatic carboxylic acids is 1. The summed E-state index contributed by atoms with van der Waals surface area (Å²) in [4.78, 5) is 30.5. The van der Waals surface area contributed by atoms with Gasteiger partial charge in [-0.1, -0.05) is 24.3 Å². The van der Waals surface area contributed by atoms with E-state index in [1.54, 1.807) is 35.2 Å². The molecule has 1 aliphatic rings. The Morgan fingerprint density at radius 3 is 2.75 bits per heavy atom. The highest BCUT2D eigenvalue weighted by atomic mass is 32.1. The Morgan fingerprint density at radius 2 is 1.97 bits per heavy atom. The lowest BCUT2D eigenvalue weighted by Gasteiger charge is -2.30. The number of ether oxygens (including phenoxy) is 1. The molecular weight excluding hydrogens is 479 g/mol. The summed E-state index contributed by atoms with van der Waals surface area (Å²) >= 11 is 1.51. The molecule has 1 aliphatic heterocycles. The summed E-state index contributed by atoms with van der Waals surface area (Å²) in [5, 5.41) is 9.96. The van der Waals surface area contributed by atoms with Crippen LogP contribution in [-0.4, -0.2) is 40.5 Å². The first-order chi connectivity index (χ1) is 17.4. The molecular formula is C28H23FN2O4S. The highest BCUT2D eigenvalue weighted by molar-refractivity contribution is 7.19. The van der Waals surface area contributed by atoms with Crippen molar-refractivity contribution >= 4 is 39.5 Å². The zero-order chi connectivity index (χ0) is 25.2. The highest BCUT2D eigenvalue weighted by Gasteiger charge is 2.26. The lowest BCUT2D eigenvalue weighted by molar-refractivity contribution is -0.136. The van der Waals surface area contributed by atoms with E-state index < -0.39 is 5.97 Å². The van der Waals surface area contributed by atoms with E-state index in [1.807, 2.05) is 24.3 Å². The summed E-state index contributed by atoms with van der Waals surface area (Å²) in [5.74, 6) is -0.880. The Labute approximate surface area is 211 Å². The second-order valence-electron chi connectivity index (χ2n) is 8.52. The van der Waals surface area contributed by atoms with Gasteiger partial charge in [0.15, 0.2) is 0 Å². The number of fused-ring (bicyclic) bond motifs is 2. The summed E-state index contributed by atoms with van der Waals surface area (Å²) in [5.41, 5.74) is 4.17. The van der Waals surface area contributed by atoms with Crippen molar-refractivity contribution in [1.82, 2.24) is 9.88 Å². The molecule has 1 N–H and O–H groups in total. The van der Waals surface area contributed by atoms with E-state index in [2.05, 4.69) is 4.98 Å². The molecule has 1 amide bonds. The molecule has 5 rings (SSSR count). The van der Waals surface area contributed by atoms with Crippen molar-refractivity contribution in [2.24, 2.45) is 0 Å². The van der Waals surface area contributed by atoms with Gasteiger partial charge in [-0.2, -0.15) is 0 Å². The zero-order valence-electron chi connectivity index (χ0n) is 19.5. The number of hydrogen-bond acceptors (Lipinski definition) is 5. The number of halogens is 1. The number of aromatic nitrogens is 1. The molecule has 0 saturated carbocycles. The predicted molar refractivity (Wildman–Crippen MR) is 138 cm³/mol. The molecule has 3 aromatic carbocycles. The molecule has 0 radical (unpaired) electrons. The van der Waals surface area contributed by atoms with E-state index in [4.69, 9.17) is 4.74 Å². The Hall–Kier alpha value is -4.04. The molecule has 36 heavy (non-hydrogen) atoms. The van der Waals surface area contributed by atoms with Crippen LogP contribution in [0.5, 0.6) is 5.75 Å². The van der Waals surface area contributed by atoms with Crippen LogP contribution < -0.4 is 4.74 Å². The van der Waals surface area contributed by atoms with Gasteiger partial charge in [-0.05, 0) is 65.1 Å². The number of benzene rings is 3. The summed E-state index contributed by atoms with van der Waals surface area (Å²) in [6, 6.07) is 16.1. The lowest BCUT2D eigenvalue weighted by Crippen LogP contribution is -2.35. The summed E-state index contributed by atoms with van der Waals surface area (Å²) in [7, 11) is 1.54. The van der Waals surface area contributed by atoms with Gasteiger partial charge in [0.2, 0.25) is 5.91 Å². The van der Waals surface area contributed by atoms with Crippen LogP contribution in [0.4, 0.5) is 4.39 Å². The maximum absolute atomic E-state index is 14.8. The molecule has 4 aromatic rings. The Kier molecular flexibility index (Phi) is 6.52. The molecule has 0 fully saturated rings. The number of nitrogens with zero attached hydrogens (tertiary/aromatic N) is 2. The van der Waals surface area contributed by atoms with Gasteiger partial charge in [0, 0.05) is 24.7 Å². The van der Waals surface area contributed by atoms with Gasteiger partial charge in [0.05, 0.1) is 23.7 Å². The Morgan fingerprint density at radius 1 is 1.14 bits per heavy atom. The van der Waals surface area contributed by atoms with Crippen LogP contribution in [0.15, 0.2) is 60.7 Å². The van der Waals surface area contributed by atoms with Crippen molar-refractivity contribution in [3.63, 3.8) is 0 Å². The van der Waals surface area contributed by atoms with Crippen molar-refractivity contribution in [2.45, 2.75) is 19.4 Å². The minimum atomic E-state index is -0.941. The molecule has 0 aliphatic carbocycles. The molecule has 0 spiro atoms. The second kappa shape index (κ2) is 9.91. The third kappa shape index (κ3) is 4.72. The van der Waals surface area contributed by atoms with Crippen molar-refractivity contribution in [3.8, 4) is 16.9 Å². The van der Waals surface area contributed by atoms with Gasteiger partial charge in [-0.3, -0.25) is 9.59 Å². The van der Waals surface area contributed by atoms with E-state index in [-0.39, 0.29) is 24.7 Å². The maximum atomic E-state index is 14.8. The quantitative estimate of drug-likeness (QED) is 0.360. The fourth-order valence-corrected chi connectivity index (χ4v) is 5.40. The molecule has 0 saturated heterocycles. The van der Waals surface area contributed by atoms with Gasteiger partial charge in [0.25, 0.3) is 0 Å². The number of amides is 1. The SMILES string of the molecule is COc1ccc(CC(=O)O)cc1-c1ccc(F)c2c1CN(C(=O)C=Cc1nc3ccccc3s1)CC2. The standard InChI is InChI=1S/C28H23FN2O4S/c1-35-24-9-6-17(15-28(33)34)14-20(24)18-7-8-22(29)19-12-13-31(16-21(18)19)27(32)11-10-26-30-23-4-2-3-5-25(23)36-26/h2-11,14H,12-13,15-16H2,1H3,(H,33,34). The van der Waals surface area contributed by atoms with Crippen molar-refractivity contribution < 1.29 is 23.8 Å². The molecule has 1 aromatic heterocycles. The van der Waals surface area contributed by atoms with Crippen LogP contribution in [0.2, 0.25) is 0 Å². The zero-order valence-corrected chi connectivity index (χ0v) is 20.3. The first-order valence-corrected chi connectivity index (χ1v) is 12.3. The van der Waals surface area contributed by atoms with Crippen molar-refractivity contribution in [2.75, 3.05) is 13.7 Å². The highest BCUT2D eigenvalue weighted by Crippen LogP contribution is 2.38.